The number of rotatable bonds is 5. The molecule has 3 aromatic rings. The average molecular weight is 436 g/mol. The van der Waals surface area contributed by atoms with E-state index in [1.807, 2.05) is 6.92 Å². The maximum atomic E-state index is 13.0. The van der Waals surface area contributed by atoms with Gasteiger partial charge in [-0.3, -0.25) is 14.5 Å². The summed E-state index contributed by atoms with van der Waals surface area (Å²) in [5.74, 6) is -1.24. The predicted octanol–water partition coefficient (Wildman–Crippen LogP) is 4.16. The smallest absolute Gasteiger partial charge is 0.302 e. The Kier molecular flexibility index (Phi) is 5.68. The first-order valence-electron chi connectivity index (χ1n) is 9.58. The van der Waals surface area contributed by atoms with Crippen LogP contribution >= 0.6 is 11.6 Å². The summed E-state index contributed by atoms with van der Waals surface area (Å²) in [5, 5.41) is 11.6. The van der Waals surface area contributed by atoms with Crippen molar-refractivity contribution in [3.8, 4) is 5.75 Å². The predicted molar refractivity (Wildman–Crippen MR) is 116 cm³/mol. The summed E-state index contributed by atoms with van der Waals surface area (Å²) in [4.78, 5) is 35.4. The third-order valence-corrected chi connectivity index (χ3v) is 5.09. The van der Waals surface area contributed by atoms with Gasteiger partial charge in [0.2, 0.25) is 5.95 Å². The van der Waals surface area contributed by atoms with Crippen LogP contribution in [-0.2, 0) is 9.59 Å². The van der Waals surface area contributed by atoms with E-state index >= 15 is 0 Å². The summed E-state index contributed by atoms with van der Waals surface area (Å²) in [6, 6.07) is 14.0. The van der Waals surface area contributed by atoms with Gasteiger partial charge in [-0.1, -0.05) is 23.7 Å². The van der Waals surface area contributed by atoms with Gasteiger partial charge in [0, 0.05) is 23.0 Å². The number of aliphatic hydroxyl groups is 1. The number of hydrogen-bond donors (Lipinski definition) is 1. The lowest BCUT2D eigenvalue weighted by atomic mass is 9.95. The van der Waals surface area contributed by atoms with Gasteiger partial charge in [-0.05, 0) is 55.0 Å². The Morgan fingerprint density at radius 3 is 2.32 bits per heavy atom. The molecule has 1 aliphatic heterocycles. The van der Waals surface area contributed by atoms with Crippen molar-refractivity contribution in [1.29, 1.82) is 0 Å². The lowest BCUT2D eigenvalue weighted by Crippen LogP contribution is -2.31. The van der Waals surface area contributed by atoms with Crippen molar-refractivity contribution in [2.24, 2.45) is 0 Å². The van der Waals surface area contributed by atoms with E-state index in [1.54, 1.807) is 54.6 Å². The highest BCUT2D eigenvalue weighted by molar-refractivity contribution is 6.51. The first-order valence-corrected chi connectivity index (χ1v) is 9.95. The summed E-state index contributed by atoms with van der Waals surface area (Å²) < 4.78 is 5.42. The van der Waals surface area contributed by atoms with Crippen LogP contribution in [0.4, 0.5) is 5.95 Å². The molecule has 156 valence electrons. The highest BCUT2D eigenvalue weighted by Gasteiger charge is 2.48. The molecule has 7 nitrogen and oxygen atoms in total. The molecule has 2 aromatic carbocycles. The number of anilines is 1. The molecule has 1 aliphatic rings. The Labute approximate surface area is 183 Å². The summed E-state index contributed by atoms with van der Waals surface area (Å²) in [6.45, 7) is 2.37. The number of ether oxygens (including phenoxy) is 1. The van der Waals surface area contributed by atoms with Crippen molar-refractivity contribution in [3.05, 3.63) is 88.7 Å². The van der Waals surface area contributed by atoms with E-state index in [-0.39, 0.29) is 17.3 Å². The first kappa shape index (κ1) is 20.6. The number of benzene rings is 2. The van der Waals surface area contributed by atoms with Gasteiger partial charge in [-0.2, -0.15) is 0 Å². The van der Waals surface area contributed by atoms with E-state index in [0.717, 1.165) is 0 Å². The second-order valence-electron chi connectivity index (χ2n) is 6.73. The molecule has 0 unspecified atom stereocenters. The van der Waals surface area contributed by atoms with E-state index in [9.17, 15) is 14.7 Å². The number of hydrogen-bond acceptors (Lipinski definition) is 6. The fourth-order valence-electron chi connectivity index (χ4n) is 3.45. The first-order chi connectivity index (χ1) is 15.0. The molecule has 2 heterocycles. The Morgan fingerprint density at radius 1 is 1.06 bits per heavy atom. The normalized spacial score (nSPS) is 17.7. The van der Waals surface area contributed by atoms with Crippen molar-refractivity contribution in [1.82, 2.24) is 9.97 Å². The summed E-state index contributed by atoms with van der Waals surface area (Å²) in [6.07, 6.45) is 2.96. The zero-order valence-electron chi connectivity index (χ0n) is 16.5. The Morgan fingerprint density at radius 2 is 1.71 bits per heavy atom. The van der Waals surface area contributed by atoms with E-state index < -0.39 is 17.7 Å². The second-order valence-corrected chi connectivity index (χ2v) is 7.16. The van der Waals surface area contributed by atoms with Crippen LogP contribution in [0.2, 0.25) is 5.02 Å². The Balaban J connectivity index is 1.88. The van der Waals surface area contributed by atoms with Gasteiger partial charge in [0.15, 0.2) is 0 Å². The van der Waals surface area contributed by atoms with Gasteiger partial charge < -0.3 is 9.84 Å². The number of halogens is 1. The van der Waals surface area contributed by atoms with Gasteiger partial charge in [0.25, 0.3) is 5.78 Å². The molecule has 1 atom stereocenters. The van der Waals surface area contributed by atoms with Crippen LogP contribution in [0.3, 0.4) is 0 Å². The molecule has 8 heteroatoms. The fourth-order valence-corrected chi connectivity index (χ4v) is 3.57. The Bertz CT molecular complexity index is 1150. The molecular weight excluding hydrogens is 418 g/mol. The van der Waals surface area contributed by atoms with Gasteiger partial charge >= 0.3 is 5.91 Å². The third kappa shape index (κ3) is 3.87. The van der Waals surface area contributed by atoms with Crippen molar-refractivity contribution in [2.45, 2.75) is 13.0 Å². The van der Waals surface area contributed by atoms with E-state index in [4.69, 9.17) is 16.3 Å². The molecule has 0 saturated carbocycles. The quantitative estimate of drug-likeness (QED) is 0.367. The van der Waals surface area contributed by atoms with Crippen molar-refractivity contribution in [2.75, 3.05) is 11.5 Å². The third-order valence-electron chi connectivity index (χ3n) is 4.84. The number of aliphatic hydroxyl groups excluding tert-OH is 1. The highest BCUT2D eigenvalue weighted by Crippen LogP contribution is 2.41. The minimum absolute atomic E-state index is 0.0519. The largest absolute Gasteiger partial charge is 0.507 e. The van der Waals surface area contributed by atoms with E-state index in [1.165, 1.54) is 17.3 Å². The molecule has 1 N–H and O–H groups in total. The zero-order valence-corrected chi connectivity index (χ0v) is 17.3. The molecule has 1 saturated heterocycles. The van der Waals surface area contributed by atoms with Crippen LogP contribution in [0.15, 0.2) is 72.6 Å². The molecule has 0 aliphatic carbocycles. The number of ketones is 1. The minimum Gasteiger partial charge on any atom is -0.507 e. The molecule has 0 spiro atoms. The molecule has 1 aromatic heterocycles. The molecule has 31 heavy (non-hydrogen) atoms. The SMILES string of the molecule is CCOc1ccc(C(O)=C2C(=O)C(=O)N(c3ncccn3)[C@H]2c2ccc(Cl)cc2)cc1. The highest BCUT2D eigenvalue weighted by atomic mass is 35.5. The number of Topliss-reactive ketones (excluding diaryl/α,β-unsaturated/α-hetero) is 1. The summed E-state index contributed by atoms with van der Waals surface area (Å²) >= 11 is 6.02. The number of carbonyl (C=O) groups is 2. The number of amides is 1. The van der Waals surface area contributed by atoms with Gasteiger partial charge in [-0.15, -0.1) is 0 Å². The monoisotopic (exact) mass is 435 g/mol. The van der Waals surface area contributed by atoms with E-state index in [0.29, 0.717) is 28.5 Å². The molecular formula is C23H18ClN3O4. The topological polar surface area (TPSA) is 92.6 Å². The molecule has 1 amide bonds. The minimum atomic E-state index is -0.911. The standard InChI is InChI=1S/C23H18ClN3O4/c1-2-31-17-10-6-15(7-11-17)20(28)18-19(14-4-8-16(24)9-5-14)27(22(30)21(18)29)23-25-12-3-13-26-23/h3-13,19,28H,2H2,1H3/t19-/m0/s1. The van der Waals surface area contributed by atoms with Crippen molar-refractivity contribution in [3.63, 3.8) is 0 Å². The van der Waals surface area contributed by atoms with Crippen molar-refractivity contribution >= 4 is 35.0 Å². The fraction of sp³-hybridized carbons (Fsp3) is 0.130. The lowest BCUT2D eigenvalue weighted by molar-refractivity contribution is -0.132. The zero-order chi connectivity index (χ0) is 22.0. The van der Waals surface area contributed by atoms with Gasteiger partial charge in [-0.25, -0.2) is 9.97 Å². The van der Waals surface area contributed by atoms with E-state index in [2.05, 4.69) is 9.97 Å². The molecule has 4 rings (SSSR count). The lowest BCUT2D eigenvalue weighted by Gasteiger charge is -2.23. The van der Waals surface area contributed by atoms with Crippen LogP contribution in [-0.4, -0.2) is 33.4 Å². The number of carbonyl (C=O) groups excluding carboxylic acids is 2. The number of aromatic nitrogens is 2. The van der Waals surface area contributed by atoms with Crippen LogP contribution in [0, 0.1) is 0 Å². The average Bonchev–Trinajstić information content (AvgIpc) is 3.06. The maximum absolute atomic E-state index is 13.0. The molecule has 1 fully saturated rings. The van der Waals surface area contributed by atoms with Crippen LogP contribution in [0.5, 0.6) is 5.75 Å². The van der Waals surface area contributed by atoms with Crippen LogP contribution in [0.25, 0.3) is 5.76 Å². The van der Waals surface area contributed by atoms with Gasteiger partial charge in [0.05, 0.1) is 18.2 Å². The second kappa shape index (κ2) is 8.57. The summed E-state index contributed by atoms with van der Waals surface area (Å²) in [7, 11) is 0. The number of nitrogens with zero attached hydrogens (tertiary/aromatic N) is 3. The molecule has 0 radical (unpaired) electrons. The maximum Gasteiger partial charge on any atom is 0.302 e. The molecule has 0 bridgehead atoms. The van der Waals surface area contributed by atoms with Crippen LogP contribution in [0.1, 0.15) is 24.1 Å². The van der Waals surface area contributed by atoms with Crippen LogP contribution < -0.4 is 9.64 Å². The summed E-state index contributed by atoms with van der Waals surface area (Å²) in [5.41, 5.74) is 0.918. The van der Waals surface area contributed by atoms with Gasteiger partial charge in [0.1, 0.15) is 11.5 Å². The van der Waals surface area contributed by atoms with Crippen molar-refractivity contribution < 1.29 is 19.4 Å². The Hall–Kier alpha value is -3.71.